The lowest BCUT2D eigenvalue weighted by Gasteiger charge is -2.51. The van der Waals surface area contributed by atoms with Gasteiger partial charge in [0.05, 0.1) is 11.3 Å². The molecule has 1 N–H and O–H groups in total. The van der Waals surface area contributed by atoms with Gasteiger partial charge in [-0.1, -0.05) is 6.92 Å². The van der Waals surface area contributed by atoms with E-state index in [1.165, 1.54) is 5.06 Å². The van der Waals surface area contributed by atoms with Crippen LogP contribution in [0.25, 0.3) is 0 Å². The molecule has 2 aliphatic rings. The summed E-state index contributed by atoms with van der Waals surface area (Å²) < 4.78 is 11.9. The fraction of sp³-hybridized carbons (Fsp3) is 0.926. The van der Waals surface area contributed by atoms with E-state index in [0.29, 0.717) is 38.5 Å². The third-order valence-electron chi connectivity index (χ3n) is 7.85. The number of esters is 2. The van der Waals surface area contributed by atoms with E-state index in [0.717, 1.165) is 5.06 Å². The summed E-state index contributed by atoms with van der Waals surface area (Å²) in [5, 5.41) is 25.6. The van der Waals surface area contributed by atoms with Crippen LogP contribution >= 0.6 is 0 Å². The van der Waals surface area contributed by atoms with Crippen LogP contribution in [0.15, 0.2) is 0 Å². The van der Waals surface area contributed by atoms with Crippen molar-refractivity contribution in [1.82, 2.24) is 10.1 Å². The van der Waals surface area contributed by atoms with Crippen molar-refractivity contribution < 1.29 is 29.5 Å². The van der Waals surface area contributed by atoms with E-state index < -0.39 is 33.5 Å². The van der Waals surface area contributed by atoms with E-state index in [4.69, 9.17) is 9.47 Å². The maximum atomic E-state index is 13.2. The minimum absolute atomic E-state index is 0.316. The molecule has 2 fully saturated rings. The molecule has 2 aliphatic heterocycles. The number of hydrogen-bond acceptors (Lipinski definition) is 7. The number of hydrogen-bond donors (Lipinski definition) is 1. The second-order valence-electron chi connectivity index (χ2n) is 14.0. The van der Waals surface area contributed by atoms with Gasteiger partial charge in [0.1, 0.15) is 12.2 Å². The maximum absolute atomic E-state index is 13.2. The Morgan fingerprint density at radius 3 is 1.69 bits per heavy atom. The number of rotatable bonds is 7. The van der Waals surface area contributed by atoms with Gasteiger partial charge in [0.25, 0.3) is 0 Å². The maximum Gasteiger partial charge on any atom is 0.311 e. The van der Waals surface area contributed by atoms with Gasteiger partial charge >= 0.3 is 11.9 Å². The SMILES string of the molecule is CCC(CC(C)(C)C(=O)OC1CC(C)(C)N(O)C(C)(C)C1)C(=O)OC1CC(C)(C)N([O])C(C)(C)C1. The molecule has 203 valence electrons. The zero-order valence-electron chi connectivity index (χ0n) is 23.9. The van der Waals surface area contributed by atoms with Crippen LogP contribution in [0.2, 0.25) is 0 Å². The molecular formula is C27H49N2O6. The molecule has 35 heavy (non-hydrogen) atoms. The van der Waals surface area contributed by atoms with E-state index in [9.17, 15) is 20.0 Å². The van der Waals surface area contributed by atoms with Gasteiger partial charge < -0.3 is 14.7 Å². The van der Waals surface area contributed by atoms with Crippen molar-refractivity contribution in [1.29, 1.82) is 0 Å². The predicted molar refractivity (Wildman–Crippen MR) is 133 cm³/mol. The summed E-state index contributed by atoms with van der Waals surface area (Å²) in [6.07, 6.45) is 2.21. The van der Waals surface area contributed by atoms with Crippen LogP contribution in [-0.4, -0.2) is 61.6 Å². The number of carbonyl (C=O) groups excluding carboxylic acids is 2. The topological polar surface area (TPSA) is 99.2 Å². The largest absolute Gasteiger partial charge is 0.462 e. The lowest BCUT2D eigenvalue weighted by Crippen LogP contribution is -2.61. The molecule has 8 heteroatoms. The zero-order valence-corrected chi connectivity index (χ0v) is 23.9. The molecule has 1 atom stereocenters. The fourth-order valence-electron chi connectivity index (χ4n) is 6.18. The van der Waals surface area contributed by atoms with Gasteiger partial charge in [0, 0.05) is 47.8 Å². The molecular weight excluding hydrogens is 448 g/mol. The molecule has 2 saturated heterocycles. The number of piperidine rings is 2. The molecule has 0 bridgehead atoms. The van der Waals surface area contributed by atoms with Crippen LogP contribution in [-0.2, 0) is 24.3 Å². The Morgan fingerprint density at radius 2 is 1.26 bits per heavy atom. The summed E-state index contributed by atoms with van der Waals surface area (Å²) in [6.45, 7) is 20.8. The minimum Gasteiger partial charge on any atom is -0.462 e. The Morgan fingerprint density at radius 1 is 0.857 bits per heavy atom. The third kappa shape index (κ3) is 6.76. The predicted octanol–water partition coefficient (Wildman–Crippen LogP) is 5.29. The van der Waals surface area contributed by atoms with Crippen LogP contribution in [0.5, 0.6) is 0 Å². The monoisotopic (exact) mass is 497 g/mol. The molecule has 0 amide bonds. The Balaban J connectivity index is 2.04. The van der Waals surface area contributed by atoms with Crippen molar-refractivity contribution in [3.05, 3.63) is 0 Å². The summed E-state index contributed by atoms with van der Waals surface area (Å²) in [4.78, 5) is 26.4. The number of nitrogens with zero attached hydrogens (tertiary/aromatic N) is 2. The molecule has 2 heterocycles. The summed E-state index contributed by atoms with van der Waals surface area (Å²) >= 11 is 0. The fourth-order valence-corrected chi connectivity index (χ4v) is 6.18. The lowest BCUT2D eigenvalue weighted by molar-refractivity contribution is -0.299. The Kier molecular flexibility index (Phi) is 8.50. The van der Waals surface area contributed by atoms with Crippen LogP contribution in [0.1, 0.15) is 115 Å². The van der Waals surface area contributed by atoms with Crippen LogP contribution in [0.4, 0.5) is 0 Å². The van der Waals surface area contributed by atoms with Crippen molar-refractivity contribution >= 4 is 11.9 Å². The van der Waals surface area contributed by atoms with Gasteiger partial charge in [-0.05, 0) is 82.1 Å². The van der Waals surface area contributed by atoms with Gasteiger partial charge in [0.15, 0.2) is 0 Å². The van der Waals surface area contributed by atoms with Gasteiger partial charge in [-0.3, -0.25) is 9.59 Å². The first-order chi connectivity index (χ1) is 15.6. The number of carbonyl (C=O) groups is 2. The van der Waals surface area contributed by atoms with E-state index >= 15 is 0 Å². The summed E-state index contributed by atoms with van der Waals surface area (Å²) in [6, 6.07) is 0. The summed E-state index contributed by atoms with van der Waals surface area (Å²) in [7, 11) is 0. The number of ether oxygens (including phenoxy) is 2. The van der Waals surface area contributed by atoms with Gasteiger partial charge in [0.2, 0.25) is 0 Å². The van der Waals surface area contributed by atoms with Crippen LogP contribution in [0, 0.1) is 11.3 Å². The zero-order chi connectivity index (χ0) is 27.2. The highest BCUT2D eigenvalue weighted by Crippen LogP contribution is 2.41. The Bertz CT molecular complexity index is 753. The highest BCUT2D eigenvalue weighted by Gasteiger charge is 2.49. The van der Waals surface area contributed by atoms with Crippen molar-refractivity contribution in [2.75, 3.05) is 0 Å². The second kappa shape index (κ2) is 9.92. The molecule has 1 radical (unpaired) electrons. The molecule has 0 aromatic carbocycles. The molecule has 0 aromatic rings. The third-order valence-corrected chi connectivity index (χ3v) is 7.85. The molecule has 0 saturated carbocycles. The minimum atomic E-state index is -0.874. The highest BCUT2D eigenvalue weighted by atomic mass is 16.6. The highest BCUT2D eigenvalue weighted by molar-refractivity contribution is 5.78. The smallest absolute Gasteiger partial charge is 0.311 e. The molecule has 2 rings (SSSR count). The van der Waals surface area contributed by atoms with E-state index in [2.05, 4.69) is 0 Å². The summed E-state index contributed by atoms with van der Waals surface area (Å²) in [5.41, 5.74) is -3.16. The van der Waals surface area contributed by atoms with E-state index in [1.807, 2.05) is 76.2 Å². The molecule has 0 spiro atoms. The van der Waals surface area contributed by atoms with Crippen LogP contribution < -0.4 is 0 Å². The van der Waals surface area contributed by atoms with Crippen molar-refractivity contribution in [3.63, 3.8) is 0 Å². The van der Waals surface area contributed by atoms with Gasteiger partial charge in [-0.25, -0.2) is 0 Å². The van der Waals surface area contributed by atoms with Crippen molar-refractivity contribution in [2.45, 2.75) is 149 Å². The first-order valence-corrected chi connectivity index (χ1v) is 13.0. The van der Waals surface area contributed by atoms with E-state index in [1.54, 1.807) is 0 Å². The summed E-state index contributed by atoms with van der Waals surface area (Å²) in [5.74, 6) is -1.10. The quantitative estimate of drug-likeness (QED) is 0.477. The molecule has 0 aliphatic carbocycles. The molecule has 8 nitrogen and oxygen atoms in total. The first-order valence-electron chi connectivity index (χ1n) is 13.0. The standard InChI is InChI=1S/C27H49N2O6/c1-12-18(21(30)34-19-14-24(4,5)28(32)25(6,7)15-19)13-23(2,3)22(31)35-20-16-26(8,9)29(33)27(10,11)17-20/h18-20,33H,12-17H2,1-11H3. The first kappa shape index (κ1) is 30.0. The average Bonchev–Trinajstić information content (AvgIpc) is 2.67. The van der Waals surface area contributed by atoms with Crippen molar-refractivity contribution in [3.8, 4) is 0 Å². The molecule has 1 unspecified atom stereocenters. The average molecular weight is 498 g/mol. The Hall–Kier alpha value is -1.22. The normalized spacial score (nSPS) is 26.2. The lowest BCUT2D eigenvalue weighted by atomic mass is 9.79. The second-order valence-corrected chi connectivity index (χ2v) is 14.0. The van der Waals surface area contributed by atoms with Gasteiger partial charge in [-0.15, -0.1) is 10.3 Å². The Labute approximate surface area is 212 Å². The van der Waals surface area contributed by atoms with Crippen LogP contribution in [0.3, 0.4) is 0 Å². The van der Waals surface area contributed by atoms with Crippen molar-refractivity contribution in [2.24, 2.45) is 11.3 Å². The number of hydroxylamine groups is 4. The van der Waals surface area contributed by atoms with E-state index in [-0.39, 0.29) is 24.1 Å². The molecule has 0 aromatic heterocycles. The van der Waals surface area contributed by atoms with Gasteiger partial charge in [-0.2, -0.15) is 5.06 Å².